The predicted molar refractivity (Wildman–Crippen MR) is 74.7 cm³/mol. The van der Waals surface area contributed by atoms with Gasteiger partial charge in [-0.05, 0) is 18.2 Å². The first kappa shape index (κ1) is 15.9. The zero-order chi connectivity index (χ0) is 15.3. The molecular weight excluding hydrogens is 325 g/mol. The van der Waals surface area contributed by atoms with Crippen LogP contribution < -0.4 is 4.74 Å². The molecular formula is C13H10ClF3N2OS. The molecule has 0 saturated heterocycles. The fraction of sp³-hybridized carbons (Fsp3) is 0.231. The standard InChI is InChI=1S/C13H10ClF3N2OS/c14-9-3-1-2-4-10(9)20-7-8-21-12-18-6-5-11(19-12)13(15,16)17/h1-6H,7-8H2. The largest absolute Gasteiger partial charge is 0.491 e. The van der Waals surface area contributed by atoms with Crippen LogP contribution in [0.25, 0.3) is 0 Å². The number of para-hydroxylation sites is 1. The van der Waals surface area contributed by atoms with Crippen molar-refractivity contribution in [3.05, 3.63) is 47.2 Å². The Morgan fingerprint density at radius 1 is 1.19 bits per heavy atom. The van der Waals surface area contributed by atoms with Gasteiger partial charge in [-0.25, -0.2) is 9.97 Å². The van der Waals surface area contributed by atoms with Crippen molar-refractivity contribution in [2.75, 3.05) is 12.4 Å². The molecule has 2 rings (SSSR count). The summed E-state index contributed by atoms with van der Waals surface area (Å²) >= 11 is 7.00. The summed E-state index contributed by atoms with van der Waals surface area (Å²) in [5.74, 6) is 0.941. The van der Waals surface area contributed by atoms with Crippen LogP contribution in [0.15, 0.2) is 41.7 Å². The number of nitrogens with zero attached hydrogens (tertiary/aromatic N) is 2. The molecule has 112 valence electrons. The summed E-state index contributed by atoms with van der Waals surface area (Å²) in [4.78, 5) is 7.24. The maximum atomic E-state index is 12.5. The Morgan fingerprint density at radius 2 is 1.95 bits per heavy atom. The molecule has 0 spiro atoms. The topological polar surface area (TPSA) is 35.0 Å². The molecule has 2 aromatic rings. The van der Waals surface area contributed by atoms with Gasteiger partial charge in [0.05, 0.1) is 11.6 Å². The van der Waals surface area contributed by atoms with Gasteiger partial charge < -0.3 is 4.74 Å². The quantitative estimate of drug-likeness (QED) is 0.463. The van der Waals surface area contributed by atoms with Crippen LogP contribution in [0.1, 0.15) is 5.69 Å². The molecule has 0 unspecified atom stereocenters. The van der Waals surface area contributed by atoms with Gasteiger partial charge in [0, 0.05) is 11.9 Å². The highest BCUT2D eigenvalue weighted by Gasteiger charge is 2.32. The summed E-state index contributed by atoms with van der Waals surface area (Å²) in [7, 11) is 0. The highest BCUT2D eigenvalue weighted by atomic mass is 35.5. The molecule has 0 aliphatic heterocycles. The van der Waals surface area contributed by atoms with Gasteiger partial charge in [-0.15, -0.1) is 0 Å². The molecule has 21 heavy (non-hydrogen) atoms. The third kappa shape index (κ3) is 4.78. The first-order valence-electron chi connectivity index (χ1n) is 5.87. The van der Waals surface area contributed by atoms with Gasteiger partial charge in [-0.1, -0.05) is 35.5 Å². The van der Waals surface area contributed by atoms with Crippen LogP contribution in [0.5, 0.6) is 5.75 Å². The van der Waals surface area contributed by atoms with E-state index in [0.717, 1.165) is 24.0 Å². The van der Waals surface area contributed by atoms with Gasteiger partial charge in [0.2, 0.25) is 0 Å². The van der Waals surface area contributed by atoms with Gasteiger partial charge in [-0.3, -0.25) is 0 Å². The van der Waals surface area contributed by atoms with Crippen molar-refractivity contribution in [2.24, 2.45) is 0 Å². The lowest BCUT2D eigenvalue weighted by Gasteiger charge is -2.08. The Hall–Kier alpha value is -1.47. The molecule has 3 nitrogen and oxygen atoms in total. The number of benzene rings is 1. The van der Waals surface area contributed by atoms with Crippen molar-refractivity contribution in [1.82, 2.24) is 9.97 Å². The van der Waals surface area contributed by atoms with Crippen LogP contribution in [0.2, 0.25) is 5.02 Å². The number of aromatic nitrogens is 2. The number of rotatable bonds is 5. The summed E-state index contributed by atoms with van der Waals surface area (Å²) in [6.45, 7) is 0.286. The SMILES string of the molecule is FC(F)(F)c1ccnc(SCCOc2ccccc2Cl)n1. The average molecular weight is 335 g/mol. The molecule has 8 heteroatoms. The number of alkyl halides is 3. The Balaban J connectivity index is 1.85. The van der Waals surface area contributed by atoms with Gasteiger partial charge in [0.15, 0.2) is 5.16 Å². The lowest BCUT2D eigenvalue weighted by Crippen LogP contribution is -2.09. The summed E-state index contributed by atoms with van der Waals surface area (Å²) in [5.41, 5.74) is -0.952. The molecule has 1 aromatic carbocycles. The fourth-order valence-corrected chi connectivity index (χ4v) is 2.25. The van der Waals surface area contributed by atoms with Gasteiger partial charge in [0.25, 0.3) is 0 Å². The molecule has 0 saturated carbocycles. The number of thioether (sulfide) groups is 1. The second kappa shape index (κ2) is 7.00. The minimum atomic E-state index is -4.47. The third-order valence-corrected chi connectivity index (χ3v) is 3.47. The van der Waals surface area contributed by atoms with Crippen LogP contribution in [0.4, 0.5) is 13.2 Å². The predicted octanol–water partition coefficient (Wildman–Crippen LogP) is 4.32. The third-order valence-electron chi connectivity index (χ3n) is 2.33. The molecule has 0 fully saturated rings. The number of ether oxygens (including phenoxy) is 1. The minimum absolute atomic E-state index is 0.0626. The van der Waals surface area contributed by atoms with E-state index in [1.165, 1.54) is 0 Å². The van der Waals surface area contributed by atoms with Crippen LogP contribution in [-0.4, -0.2) is 22.3 Å². The number of halogens is 4. The van der Waals surface area contributed by atoms with Crippen molar-refractivity contribution in [3.63, 3.8) is 0 Å². The van der Waals surface area contributed by atoms with E-state index in [1.54, 1.807) is 24.3 Å². The van der Waals surface area contributed by atoms with Crippen LogP contribution in [0, 0.1) is 0 Å². The number of hydrogen-bond donors (Lipinski definition) is 0. The highest BCUT2D eigenvalue weighted by molar-refractivity contribution is 7.99. The minimum Gasteiger partial charge on any atom is -0.491 e. The second-order valence-electron chi connectivity index (χ2n) is 3.85. The van der Waals surface area contributed by atoms with Gasteiger partial charge in [-0.2, -0.15) is 13.2 Å². The van der Waals surface area contributed by atoms with E-state index in [1.807, 2.05) is 0 Å². The van der Waals surface area contributed by atoms with E-state index in [9.17, 15) is 13.2 Å². The van der Waals surface area contributed by atoms with Crippen molar-refractivity contribution < 1.29 is 17.9 Å². The smallest absolute Gasteiger partial charge is 0.433 e. The summed E-state index contributed by atoms with van der Waals surface area (Å²) in [6.07, 6.45) is -3.38. The molecule has 0 N–H and O–H groups in total. The first-order chi connectivity index (χ1) is 9.97. The Labute approximate surface area is 128 Å². The van der Waals surface area contributed by atoms with E-state index in [2.05, 4.69) is 9.97 Å². The van der Waals surface area contributed by atoms with E-state index in [0.29, 0.717) is 16.5 Å². The molecule has 0 radical (unpaired) electrons. The second-order valence-corrected chi connectivity index (χ2v) is 5.32. The number of hydrogen-bond acceptors (Lipinski definition) is 4. The van der Waals surface area contributed by atoms with Crippen LogP contribution >= 0.6 is 23.4 Å². The van der Waals surface area contributed by atoms with Gasteiger partial charge in [0.1, 0.15) is 11.4 Å². The zero-order valence-electron chi connectivity index (χ0n) is 10.6. The lowest BCUT2D eigenvalue weighted by atomic mass is 10.3. The zero-order valence-corrected chi connectivity index (χ0v) is 12.2. The Morgan fingerprint density at radius 3 is 2.67 bits per heavy atom. The Kier molecular flexibility index (Phi) is 5.30. The molecule has 1 heterocycles. The average Bonchev–Trinajstić information content (AvgIpc) is 2.45. The van der Waals surface area contributed by atoms with E-state index >= 15 is 0 Å². The van der Waals surface area contributed by atoms with Crippen LogP contribution in [0.3, 0.4) is 0 Å². The molecule has 0 amide bonds. The summed E-state index contributed by atoms with van der Waals surface area (Å²) in [6, 6.07) is 7.81. The molecule has 1 aromatic heterocycles. The van der Waals surface area contributed by atoms with Crippen molar-refractivity contribution >= 4 is 23.4 Å². The maximum absolute atomic E-state index is 12.5. The molecule has 0 aliphatic rings. The van der Waals surface area contributed by atoms with Crippen molar-refractivity contribution in [1.29, 1.82) is 0 Å². The highest BCUT2D eigenvalue weighted by Crippen LogP contribution is 2.28. The normalized spacial score (nSPS) is 11.4. The first-order valence-corrected chi connectivity index (χ1v) is 7.23. The Bertz CT molecular complexity index is 610. The van der Waals surface area contributed by atoms with E-state index in [-0.39, 0.29) is 11.8 Å². The molecule has 0 atom stereocenters. The summed E-state index contributed by atoms with van der Waals surface area (Å²) < 4.78 is 42.9. The molecule has 0 bridgehead atoms. The fourth-order valence-electron chi connectivity index (χ4n) is 1.41. The van der Waals surface area contributed by atoms with E-state index in [4.69, 9.17) is 16.3 Å². The summed E-state index contributed by atoms with van der Waals surface area (Å²) in [5, 5.41) is 0.547. The van der Waals surface area contributed by atoms with Crippen molar-refractivity contribution in [2.45, 2.75) is 11.3 Å². The maximum Gasteiger partial charge on any atom is 0.433 e. The van der Waals surface area contributed by atoms with E-state index < -0.39 is 11.9 Å². The lowest BCUT2D eigenvalue weighted by molar-refractivity contribution is -0.141. The monoisotopic (exact) mass is 334 g/mol. The van der Waals surface area contributed by atoms with Crippen molar-refractivity contribution in [3.8, 4) is 5.75 Å². The molecule has 0 aliphatic carbocycles. The van der Waals surface area contributed by atoms with Gasteiger partial charge >= 0.3 is 6.18 Å². The van der Waals surface area contributed by atoms with Crippen LogP contribution in [-0.2, 0) is 6.18 Å².